The maximum atomic E-state index is 6.43. The predicted molar refractivity (Wildman–Crippen MR) is 159 cm³/mol. The first-order valence-electron chi connectivity index (χ1n) is 13.3. The van der Waals surface area contributed by atoms with Gasteiger partial charge in [0.05, 0.1) is 14.2 Å². The van der Waals surface area contributed by atoms with Crippen molar-refractivity contribution in [3.8, 4) is 0 Å². The average Bonchev–Trinajstić information content (AvgIpc) is 3.05. The molecule has 2 atom stereocenters. The van der Waals surface area contributed by atoms with Gasteiger partial charge in [-0.1, -0.05) is 121 Å². The van der Waals surface area contributed by atoms with Crippen LogP contribution in [0, 0.1) is 11.8 Å². The van der Waals surface area contributed by atoms with Crippen molar-refractivity contribution in [3.63, 3.8) is 0 Å². The zero-order valence-corrected chi connectivity index (χ0v) is 22.5. The molecule has 0 amide bonds. The largest absolute Gasteiger partial charge is 0.469 e. The molecule has 6 rings (SSSR count). The second-order valence-electron chi connectivity index (χ2n) is 9.59. The lowest BCUT2D eigenvalue weighted by Gasteiger charge is -2.36. The highest BCUT2D eigenvalue weighted by Gasteiger charge is 2.39. The standard InChI is InChI=1S/C36H30O4/c1-37-31-23-29(33(25-15-7-3-8-16-25)35(39-31)27-19-11-5-12-20-27)30-24-32(38-2)40-36(28-21-13-6-14-22-28)34(30)26-17-9-4-10-18-26/h3-24,29-30H,1-2H3. The molecule has 40 heavy (non-hydrogen) atoms. The third-order valence-corrected chi connectivity index (χ3v) is 7.22. The maximum absolute atomic E-state index is 6.43. The summed E-state index contributed by atoms with van der Waals surface area (Å²) in [5.74, 6) is 2.12. The van der Waals surface area contributed by atoms with Gasteiger partial charge in [0, 0.05) is 46.3 Å². The first kappa shape index (κ1) is 25.3. The van der Waals surface area contributed by atoms with Crippen LogP contribution in [0.2, 0.25) is 0 Å². The lowest BCUT2D eigenvalue weighted by Crippen LogP contribution is -2.24. The number of benzene rings is 4. The van der Waals surface area contributed by atoms with Gasteiger partial charge in [-0.05, 0) is 11.1 Å². The molecule has 2 aliphatic rings. The summed E-state index contributed by atoms with van der Waals surface area (Å²) in [6.45, 7) is 0. The molecular formula is C36H30O4. The summed E-state index contributed by atoms with van der Waals surface area (Å²) in [6.07, 6.45) is 4.14. The Morgan fingerprint density at radius 1 is 0.425 bits per heavy atom. The third-order valence-electron chi connectivity index (χ3n) is 7.22. The van der Waals surface area contributed by atoms with Crippen molar-refractivity contribution < 1.29 is 18.9 Å². The van der Waals surface area contributed by atoms with Gasteiger partial charge in [0.2, 0.25) is 0 Å². The second kappa shape index (κ2) is 11.4. The SMILES string of the molecule is COC1=CC(C2C=C(OC)OC(c3ccccc3)=C2c2ccccc2)C(c2ccccc2)=C(c2ccccc2)O1. The minimum atomic E-state index is -0.163. The van der Waals surface area contributed by atoms with E-state index in [1.54, 1.807) is 14.2 Å². The predicted octanol–water partition coefficient (Wildman–Crippen LogP) is 8.39. The Labute approximate surface area is 235 Å². The molecule has 2 heterocycles. The topological polar surface area (TPSA) is 36.9 Å². The van der Waals surface area contributed by atoms with Crippen molar-refractivity contribution in [2.24, 2.45) is 11.8 Å². The summed E-state index contributed by atoms with van der Waals surface area (Å²) in [7, 11) is 3.28. The average molecular weight is 527 g/mol. The van der Waals surface area contributed by atoms with Crippen LogP contribution in [0.3, 0.4) is 0 Å². The van der Waals surface area contributed by atoms with E-state index in [1.807, 2.05) is 48.5 Å². The van der Waals surface area contributed by atoms with Gasteiger partial charge in [-0.2, -0.15) is 0 Å². The van der Waals surface area contributed by atoms with Gasteiger partial charge in [0.1, 0.15) is 11.5 Å². The Balaban J connectivity index is 1.65. The van der Waals surface area contributed by atoms with Crippen LogP contribution < -0.4 is 0 Å². The summed E-state index contributed by atoms with van der Waals surface area (Å²) in [4.78, 5) is 0. The smallest absolute Gasteiger partial charge is 0.280 e. The van der Waals surface area contributed by atoms with E-state index in [1.165, 1.54) is 0 Å². The summed E-state index contributed by atoms with van der Waals surface area (Å²) < 4.78 is 24.4. The molecule has 0 bridgehead atoms. The van der Waals surface area contributed by atoms with Crippen LogP contribution in [0.5, 0.6) is 0 Å². The highest BCUT2D eigenvalue weighted by atomic mass is 16.7. The third kappa shape index (κ3) is 4.92. The van der Waals surface area contributed by atoms with E-state index >= 15 is 0 Å². The Kier molecular flexibility index (Phi) is 7.23. The van der Waals surface area contributed by atoms with Gasteiger partial charge < -0.3 is 18.9 Å². The fourth-order valence-electron chi connectivity index (χ4n) is 5.42. The number of hydrogen-bond donors (Lipinski definition) is 0. The maximum Gasteiger partial charge on any atom is 0.280 e. The fraction of sp³-hybridized carbons (Fsp3) is 0.111. The van der Waals surface area contributed by atoms with Crippen molar-refractivity contribution in [3.05, 3.63) is 168 Å². The fourth-order valence-corrected chi connectivity index (χ4v) is 5.42. The molecule has 0 aliphatic carbocycles. The zero-order valence-electron chi connectivity index (χ0n) is 22.5. The number of ether oxygens (including phenoxy) is 4. The number of allylic oxidation sites excluding steroid dienone is 4. The van der Waals surface area contributed by atoms with Crippen molar-refractivity contribution in [2.45, 2.75) is 0 Å². The monoisotopic (exact) mass is 526 g/mol. The molecule has 0 saturated carbocycles. The van der Waals surface area contributed by atoms with E-state index in [-0.39, 0.29) is 11.8 Å². The summed E-state index contributed by atoms with van der Waals surface area (Å²) in [5, 5.41) is 0. The first-order chi connectivity index (χ1) is 19.8. The van der Waals surface area contributed by atoms with E-state index in [0.717, 1.165) is 44.9 Å². The van der Waals surface area contributed by atoms with Crippen LogP contribution in [-0.2, 0) is 18.9 Å². The Morgan fingerprint density at radius 2 is 0.725 bits per heavy atom. The molecule has 198 valence electrons. The molecule has 0 saturated heterocycles. The van der Waals surface area contributed by atoms with Gasteiger partial charge >= 0.3 is 0 Å². The Morgan fingerprint density at radius 3 is 1.02 bits per heavy atom. The van der Waals surface area contributed by atoms with Gasteiger partial charge in [0.15, 0.2) is 0 Å². The van der Waals surface area contributed by atoms with Crippen LogP contribution >= 0.6 is 0 Å². The molecule has 4 aromatic rings. The quantitative estimate of drug-likeness (QED) is 0.242. The van der Waals surface area contributed by atoms with Gasteiger partial charge in [-0.15, -0.1) is 0 Å². The Hall–Kier alpha value is -4.96. The van der Waals surface area contributed by atoms with Crippen molar-refractivity contribution in [2.75, 3.05) is 14.2 Å². The van der Waals surface area contributed by atoms with E-state index in [0.29, 0.717) is 11.9 Å². The molecule has 0 radical (unpaired) electrons. The van der Waals surface area contributed by atoms with Crippen LogP contribution in [0.15, 0.2) is 145 Å². The molecule has 2 aliphatic heterocycles. The lowest BCUT2D eigenvalue weighted by molar-refractivity contribution is 0.120. The molecular weight excluding hydrogens is 496 g/mol. The molecule has 0 spiro atoms. The summed E-state index contributed by atoms with van der Waals surface area (Å²) in [6, 6.07) is 41.2. The van der Waals surface area contributed by atoms with Crippen molar-refractivity contribution in [1.82, 2.24) is 0 Å². The molecule has 0 fully saturated rings. The molecule has 4 nitrogen and oxygen atoms in total. The van der Waals surface area contributed by atoms with E-state index in [4.69, 9.17) is 18.9 Å². The van der Waals surface area contributed by atoms with Crippen molar-refractivity contribution in [1.29, 1.82) is 0 Å². The van der Waals surface area contributed by atoms with E-state index in [9.17, 15) is 0 Å². The Bertz CT molecular complexity index is 1460. The number of methoxy groups -OCH3 is 2. The van der Waals surface area contributed by atoms with E-state index in [2.05, 4.69) is 84.9 Å². The number of rotatable bonds is 7. The minimum Gasteiger partial charge on any atom is -0.469 e. The zero-order chi connectivity index (χ0) is 27.3. The minimum absolute atomic E-state index is 0.163. The van der Waals surface area contributed by atoms with Crippen LogP contribution in [0.4, 0.5) is 0 Å². The van der Waals surface area contributed by atoms with Gasteiger partial charge in [0.25, 0.3) is 11.9 Å². The normalized spacial score (nSPS) is 18.8. The number of hydrogen-bond acceptors (Lipinski definition) is 4. The molecule has 0 aromatic heterocycles. The molecule has 4 aromatic carbocycles. The lowest BCUT2D eigenvalue weighted by atomic mass is 9.73. The summed E-state index contributed by atoms with van der Waals surface area (Å²) in [5.41, 5.74) is 6.23. The van der Waals surface area contributed by atoms with Crippen LogP contribution in [0.1, 0.15) is 22.3 Å². The molecule has 4 heteroatoms. The van der Waals surface area contributed by atoms with Crippen LogP contribution in [-0.4, -0.2) is 14.2 Å². The molecule has 0 N–H and O–H groups in total. The van der Waals surface area contributed by atoms with Gasteiger partial charge in [-0.25, -0.2) is 0 Å². The highest BCUT2D eigenvalue weighted by Crippen LogP contribution is 2.50. The molecule has 2 unspecified atom stereocenters. The second-order valence-corrected chi connectivity index (χ2v) is 9.59. The summed E-state index contributed by atoms with van der Waals surface area (Å²) >= 11 is 0. The van der Waals surface area contributed by atoms with Crippen LogP contribution in [0.25, 0.3) is 22.7 Å². The highest BCUT2D eigenvalue weighted by molar-refractivity contribution is 5.96. The first-order valence-corrected chi connectivity index (χ1v) is 13.3. The van der Waals surface area contributed by atoms with Gasteiger partial charge in [-0.3, -0.25) is 0 Å². The van der Waals surface area contributed by atoms with E-state index < -0.39 is 0 Å². The van der Waals surface area contributed by atoms with Crippen molar-refractivity contribution >= 4 is 22.7 Å².